The second kappa shape index (κ2) is 8.84. The number of ether oxygens (including phenoxy) is 1. The number of nitrogens with two attached hydrogens (primary N) is 1. The van der Waals surface area contributed by atoms with Gasteiger partial charge in [0.15, 0.2) is 12.4 Å². The molecule has 8 nitrogen and oxygen atoms in total. The number of morpholine rings is 1. The van der Waals surface area contributed by atoms with E-state index in [1.165, 1.54) is 6.42 Å². The topological polar surface area (TPSA) is 93.3 Å². The Morgan fingerprint density at radius 3 is 2.96 bits per heavy atom. The zero-order chi connectivity index (χ0) is 18.4. The van der Waals surface area contributed by atoms with Crippen LogP contribution in [0.5, 0.6) is 0 Å². The molecule has 1 unspecified atom stereocenters. The van der Waals surface area contributed by atoms with E-state index >= 15 is 0 Å². The van der Waals surface area contributed by atoms with Crippen molar-refractivity contribution in [2.24, 2.45) is 10.9 Å². The van der Waals surface area contributed by atoms with Gasteiger partial charge >= 0.3 is 0 Å². The average molecular weight is 361 g/mol. The predicted molar refractivity (Wildman–Crippen MR) is 99.0 cm³/mol. The number of anilines is 1. The van der Waals surface area contributed by atoms with Gasteiger partial charge in [0.2, 0.25) is 0 Å². The number of amides is 1. The summed E-state index contributed by atoms with van der Waals surface area (Å²) < 4.78 is 5.44. The summed E-state index contributed by atoms with van der Waals surface area (Å²) in [6.45, 7) is 5.44. The second-order valence-corrected chi connectivity index (χ2v) is 6.69. The SMILES string of the molecule is CC1CN(C(=O)CO/N=C(/N)c2cccnc2N2CCCCC2)CCO1. The smallest absolute Gasteiger partial charge is 0.263 e. The second-order valence-electron chi connectivity index (χ2n) is 6.69. The Hall–Kier alpha value is -2.35. The average Bonchev–Trinajstić information content (AvgIpc) is 2.68. The first-order valence-corrected chi connectivity index (χ1v) is 9.20. The Kier molecular flexibility index (Phi) is 6.27. The lowest BCUT2D eigenvalue weighted by Gasteiger charge is -2.30. The van der Waals surface area contributed by atoms with E-state index in [0.29, 0.717) is 19.7 Å². The fourth-order valence-electron chi connectivity index (χ4n) is 3.30. The summed E-state index contributed by atoms with van der Waals surface area (Å²) >= 11 is 0. The molecule has 0 aliphatic carbocycles. The highest BCUT2D eigenvalue weighted by Gasteiger charge is 2.22. The van der Waals surface area contributed by atoms with Crippen molar-refractivity contribution >= 4 is 17.6 Å². The quantitative estimate of drug-likeness (QED) is 0.477. The van der Waals surface area contributed by atoms with Crippen LogP contribution in [0.15, 0.2) is 23.5 Å². The van der Waals surface area contributed by atoms with Crippen LogP contribution < -0.4 is 10.6 Å². The van der Waals surface area contributed by atoms with Crippen LogP contribution in [0.1, 0.15) is 31.7 Å². The Morgan fingerprint density at radius 1 is 1.38 bits per heavy atom. The summed E-state index contributed by atoms with van der Waals surface area (Å²) in [5, 5.41) is 3.95. The minimum absolute atomic E-state index is 0.0452. The zero-order valence-corrected chi connectivity index (χ0v) is 15.3. The molecular weight excluding hydrogens is 334 g/mol. The largest absolute Gasteiger partial charge is 0.384 e. The van der Waals surface area contributed by atoms with Gasteiger partial charge in [-0.3, -0.25) is 4.79 Å². The molecule has 2 aliphatic heterocycles. The Labute approximate surface area is 153 Å². The molecule has 1 aromatic heterocycles. The molecule has 2 fully saturated rings. The number of oxime groups is 1. The molecule has 3 heterocycles. The number of hydrogen-bond donors (Lipinski definition) is 1. The lowest BCUT2D eigenvalue weighted by atomic mass is 10.1. The highest BCUT2D eigenvalue weighted by atomic mass is 16.6. The molecule has 3 rings (SSSR count). The van der Waals surface area contributed by atoms with E-state index in [4.69, 9.17) is 15.3 Å². The number of rotatable bonds is 5. The molecule has 0 aromatic carbocycles. The molecule has 26 heavy (non-hydrogen) atoms. The molecule has 142 valence electrons. The first-order valence-electron chi connectivity index (χ1n) is 9.20. The van der Waals surface area contributed by atoms with Crippen LogP contribution in [0.2, 0.25) is 0 Å². The summed E-state index contributed by atoms with van der Waals surface area (Å²) in [7, 11) is 0. The summed E-state index contributed by atoms with van der Waals surface area (Å²) in [6, 6.07) is 3.70. The molecule has 0 bridgehead atoms. The standard InChI is InChI=1S/C18H27N5O3/c1-14-12-23(10-11-25-14)16(24)13-26-21-17(19)15-6-5-7-20-18(15)22-8-3-2-4-9-22/h5-7,14H,2-4,8-13H2,1H3,(H2,19,21). The van der Waals surface area contributed by atoms with Gasteiger partial charge < -0.3 is 25.1 Å². The first kappa shape index (κ1) is 18.4. The summed E-state index contributed by atoms with van der Waals surface area (Å²) in [5.41, 5.74) is 6.84. The summed E-state index contributed by atoms with van der Waals surface area (Å²) in [4.78, 5) is 25.8. The van der Waals surface area contributed by atoms with E-state index in [-0.39, 0.29) is 24.5 Å². The van der Waals surface area contributed by atoms with Crippen molar-refractivity contribution in [3.8, 4) is 0 Å². The van der Waals surface area contributed by atoms with Gasteiger partial charge in [-0.15, -0.1) is 0 Å². The third-order valence-corrected chi connectivity index (χ3v) is 4.66. The van der Waals surface area contributed by atoms with Crippen LogP contribution in [-0.4, -0.2) is 67.1 Å². The summed E-state index contributed by atoms with van der Waals surface area (Å²) in [6.07, 6.45) is 5.34. The third kappa shape index (κ3) is 4.63. The van der Waals surface area contributed by atoms with Crippen LogP contribution in [0.3, 0.4) is 0 Å². The van der Waals surface area contributed by atoms with Gasteiger partial charge in [0.05, 0.1) is 18.3 Å². The molecule has 2 N–H and O–H groups in total. The minimum atomic E-state index is -0.132. The van der Waals surface area contributed by atoms with E-state index < -0.39 is 0 Å². The van der Waals surface area contributed by atoms with Crippen LogP contribution in [0, 0.1) is 0 Å². The maximum atomic E-state index is 12.2. The van der Waals surface area contributed by atoms with E-state index in [2.05, 4.69) is 15.0 Å². The molecule has 1 aromatic rings. The molecule has 8 heteroatoms. The number of amidine groups is 1. The van der Waals surface area contributed by atoms with Gasteiger partial charge in [-0.05, 0) is 38.3 Å². The lowest BCUT2D eigenvalue weighted by molar-refractivity contribution is -0.142. The van der Waals surface area contributed by atoms with Crippen molar-refractivity contribution < 1.29 is 14.4 Å². The Morgan fingerprint density at radius 2 is 2.19 bits per heavy atom. The maximum absolute atomic E-state index is 12.2. The lowest BCUT2D eigenvalue weighted by Crippen LogP contribution is -2.45. The number of nitrogens with zero attached hydrogens (tertiary/aromatic N) is 4. The number of carbonyl (C=O) groups excluding carboxylic acids is 1. The highest BCUT2D eigenvalue weighted by molar-refractivity contribution is 6.01. The van der Waals surface area contributed by atoms with Crippen molar-refractivity contribution in [2.45, 2.75) is 32.3 Å². The number of aromatic nitrogens is 1. The number of carbonyl (C=O) groups is 1. The van der Waals surface area contributed by atoms with E-state index in [9.17, 15) is 4.79 Å². The fourth-order valence-corrected chi connectivity index (χ4v) is 3.30. The van der Waals surface area contributed by atoms with Crippen LogP contribution in [0.25, 0.3) is 0 Å². The molecule has 1 amide bonds. The van der Waals surface area contributed by atoms with Gasteiger partial charge in [-0.25, -0.2) is 4.98 Å². The van der Waals surface area contributed by atoms with Gasteiger partial charge in [-0.2, -0.15) is 0 Å². The summed E-state index contributed by atoms with van der Waals surface area (Å²) in [5.74, 6) is 0.950. The molecular formula is C18H27N5O3. The maximum Gasteiger partial charge on any atom is 0.263 e. The van der Waals surface area contributed by atoms with Crippen LogP contribution >= 0.6 is 0 Å². The molecule has 1 atom stereocenters. The predicted octanol–water partition coefficient (Wildman–Crippen LogP) is 0.956. The molecule has 0 saturated carbocycles. The highest BCUT2D eigenvalue weighted by Crippen LogP contribution is 2.21. The van der Waals surface area contributed by atoms with Crippen molar-refractivity contribution in [1.82, 2.24) is 9.88 Å². The van der Waals surface area contributed by atoms with Crippen molar-refractivity contribution in [2.75, 3.05) is 44.3 Å². The number of hydrogen-bond acceptors (Lipinski definition) is 6. The Balaban J connectivity index is 1.60. The van der Waals surface area contributed by atoms with Gasteiger partial charge in [-0.1, -0.05) is 5.16 Å². The van der Waals surface area contributed by atoms with Crippen molar-refractivity contribution in [3.05, 3.63) is 23.9 Å². The van der Waals surface area contributed by atoms with Crippen LogP contribution in [-0.2, 0) is 14.4 Å². The number of piperidine rings is 1. The Bertz CT molecular complexity index is 645. The van der Waals surface area contributed by atoms with Crippen molar-refractivity contribution in [1.29, 1.82) is 0 Å². The zero-order valence-electron chi connectivity index (χ0n) is 15.3. The molecule has 0 spiro atoms. The first-order chi connectivity index (χ1) is 12.6. The normalized spacial score (nSPS) is 21.6. The molecule has 2 saturated heterocycles. The van der Waals surface area contributed by atoms with E-state index in [0.717, 1.165) is 37.3 Å². The monoisotopic (exact) mass is 361 g/mol. The van der Waals surface area contributed by atoms with Gasteiger partial charge in [0, 0.05) is 32.4 Å². The number of pyridine rings is 1. The molecule has 2 aliphatic rings. The van der Waals surface area contributed by atoms with Gasteiger partial charge in [0.25, 0.3) is 5.91 Å². The van der Waals surface area contributed by atoms with Gasteiger partial charge in [0.1, 0.15) is 5.82 Å². The van der Waals surface area contributed by atoms with E-state index in [1.54, 1.807) is 11.1 Å². The minimum Gasteiger partial charge on any atom is -0.384 e. The molecule has 0 radical (unpaired) electrons. The van der Waals surface area contributed by atoms with Crippen LogP contribution in [0.4, 0.5) is 5.82 Å². The van der Waals surface area contributed by atoms with E-state index in [1.807, 2.05) is 19.1 Å². The fraction of sp³-hybridized carbons (Fsp3) is 0.611. The third-order valence-electron chi connectivity index (χ3n) is 4.66. The van der Waals surface area contributed by atoms with Crippen molar-refractivity contribution in [3.63, 3.8) is 0 Å².